The summed E-state index contributed by atoms with van der Waals surface area (Å²) in [6.07, 6.45) is 1.39. The van der Waals surface area contributed by atoms with Crippen molar-refractivity contribution in [3.8, 4) is 0 Å². The van der Waals surface area contributed by atoms with E-state index in [4.69, 9.17) is 22.9 Å². The summed E-state index contributed by atoms with van der Waals surface area (Å²) >= 11 is 6.16. The molecule has 5 heteroatoms. The summed E-state index contributed by atoms with van der Waals surface area (Å²) in [6.45, 7) is 8.96. The van der Waals surface area contributed by atoms with E-state index in [1.54, 1.807) is 25.1 Å². The normalized spacial score (nSPS) is 10.1. The monoisotopic (exact) mass is 260 g/mol. The number of benzene rings is 1. The van der Waals surface area contributed by atoms with Crippen LogP contribution in [0.3, 0.4) is 0 Å². The maximum absolute atomic E-state index is 11.7. The zero-order valence-electron chi connectivity index (χ0n) is 9.61. The molecular formula is C13H9ClN2O2. The molecule has 0 aliphatic heterocycles. The number of carbonyl (C=O) groups is 1. The number of nitrogens with zero attached hydrogens (tertiary/aromatic N) is 2. The van der Waals surface area contributed by atoms with Crippen LogP contribution in [0.15, 0.2) is 24.4 Å². The number of fused-ring (bicyclic) bond motifs is 1. The number of esters is 1. The fraction of sp³-hybridized carbons (Fsp3) is 0.154. The summed E-state index contributed by atoms with van der Waals surface area (Å²) in [5.41, 5.74) is 1.31. The van der Waals surface area contributed by atoms with Crippen molar-refractivity contribution in [3.05, 3.63) is 46.4 Å². The average Bonchev–Trinajstić information content (AvgIpc) is 2.39. The molecule has 0 amide bonds. The molecule has 0 radical (unpaired) electrons. The van der Waals surface area contributed by atoms with Crippen LogP contribution in [0.5, 0.6) is 0 Å². The second-order valence-electron chi connectivity index (χ2n) is 3.52. The fourth-order valence-electron chi connectivity index (χ4n) is 1.57. The van der Waals surface area contributed by atoms with E-state index >= 15 is 0 Å². The highest BCUT2D eigenvalue weighted by Crippen LogP contribution is 2.29. The van der Waals surface area contributed by atoms with Crippen molar-refractivity contribution in [1.29, 1.82) is 0 Å². The van der Waals surface area contributed by atoms with Crippen LogP contribution in [0.25, 0.3) is 15.7 Å². The summed E-state index contributed by atoms with van der Waals surface area (Å²) in [6, 6.07) is 4.96. The molecule has 2 aromatic rings. The van der Waals surface area contributed by atoms with Gasteiger partial charge in [0.2, 0.25) is 0 Å². The smallest absolute Gasteiger partial charge is 0.341 e. The first-order valence-electron chi connectivity index (χ1n) is 5.30. The van der Waals surface area contributed by atoms with Gasteiger partial charge in [-0.3, -0.25) is 4.98 Å². The van der Waals surface area contributed by atoms with Crippen molar-refractivity contribution >= 4 is 34.2 Å². The van der Waals surface area contributed by atoms with Gasteiger partial charge in [-0.15, -0.1) is 0 Å². The molecule has 1 aromatic heterocycles. The predicted octanol–water partition coefficient (Wildman–Crippen LogP) is 3.62. The molecule has 1 aromatic carbocycles. The number of halogens is 1. The Morgan fingerprint density at radius 2 is 2.33 bits per heavy atom. The summed E-state index contributed by atoms with van der Waals surface area (Å²) < 4.78 is 4.89. The molecule has 2 rings (SSSR count). The molecule has 18 heavy (non-hydrogen) atoms. The van der Waals surface area contributed by atoms with Gasteiger partial charge in [-0.05, 0) is 19.1 Å². The molecule has 0 saturated carbocycles. The summed E-state index contributed by atoms with van der Waals surface area (Å²) in [5, 5.41) is 0.847. The summed E-state index contributed by atoms with van der Waals surface area (Å²) in [4.78, 5) is 19.1. The van der Waals surface area contributed by atoms with Crippen molar-refractivity contribution in [3.63, 3.8) is 0 Å². The Bertz CT molecular complexity index is 662. The molecule has 90 valence electrons. The van der Waals surface area contributed by atoms with Gasteiger partial charge in [0.25, 0.3) is 0 Å². The highest BCUT2D eigenvalue weighted by atomic mass is 35.5. The number of carbonyl (C=O) groups excluding carboxylic acids is 1. The van der Waals surface area contributed by atoms with Gasteiger partial charge in [0.1, 0.15) is 0 Å². The van der Waals surface area contributed by atoms with Crippen LogP contribution >= 0.6 is 11.6 Å². The predicted molar refractivity (Wildman–Crippen MR) is 69.0 cm³/mol. The Labute approximate surface area is 109 Å². The molecule has 0 N–H and O–H groups in total. The third kappa shape index (κ3) is 2.13. The maximum atomic E-state index is 11.7. The van der Waals surface area contributed by atoms with Crippen LogP contribution in [0.4, 0.5) is 5.69 Å². The number of pyridine rings is 1. The number of hydrogen-bond acceptors (Lipinski definition) is 3. The van der Waals surface area contributed by atoms with Crippen molar-refractivity contribution in [2.75, 3.05) is 6.61 Å². The molecule has 0 atom stereocenters. The average molecular weight is 261 g/mol. The minimum atomic E-state index is -0.509. The standard InChI is InChI=1S/C13H9ClN2O2/c1-3-18-13(17)10-7-16-11-5-4-8(15-2)6-9(11)12(10)14/h4-7H,3H2,1H3. The van der Waals surface area contributed by atoms with E-state index in [-0.39, 0.29) is 17.2 Å². The van der Waals surface area contributed by atoms with Crippen molar-refractivity contribution in [1.82, 2.24) is 4.98 Å². The molecule has 0 saturated heterocycles. The zero-order valence-corrected chi connectivity index (χ0v) is 10.4. The Morgan fingerprint density at radius 3 is 3.00 bits per heavy atom. The number of ether oxygens (including phenoxy) is 1. The third-order valence-electron chi connectivity index (χ3n) is 2.41. The molecule has 0 aliphatic rings. The number of hydrogen-bond donors (Lipinski definition) is 0. The summed E-state index contributed by atoms with van der Waals surface area (Å²) in [7, 11) is 0. The van der Waals surface area contributed by atoms with Crippen LogP contribution in [0, 0.1) is 6.57 Å². The van der Waals surface area contributed by atoms with E-state index in [1.807, 2.05) is 0 Å². The second-order valence-corrected chi connectivity index (χ2v) is 3.90. The molecule has 1 heterocycles. The fourth-order valence-corrected chi connectivity index (χ4v) is 1.85. The van der Waals surface area contributed by atoms with Crippen molar-refractivity contribution in [2.45, 2.75) is 6.92 Å². The first kappa shape index (κ1) is 12.3. The first-order valence-corrected chi connectivity index (χ1v) is 5.68. The largest absolute Gasteiger partial charge is 0.462 e. The lowest BCUT2D eigenvalue weighted by Crippen LogP contribution is -2.06. The highest BCUT2D eigenvalue weighted by Gasteiger charge is 2.15. The Morgan fingerprint density at radius 1 is 1.56 bits per heavy atom. The van der Waals surface area contributed by atoms with Crippen LogP contribution in [-0.4, -0.2) is 17.6 Å². The lowest BCUT2D eigenvalue weighted by atomic mass is 10.1. The van der Waals surface area contributed by atoms with Crippen molar-refractivity contribution < 1.29 is 9.53 Å². The van der Waals surface area contributed by atoms with E-state index in [0.29, 0.717) is 16.6 Å². The zero-order chi connectivity index (χ0) is 13.1. The SMILES string of the molecule is [C-]#[N+]c1ccc2ncc(C(=O)OCC)c(Cl)c2c1. The van der Waals surface area contributed by atoms with Crippen LogP contribution in [-0.2, 0) is 4.74 Å². The van der Waals surface area contributed by atoms with Gasteiger partial charge >= 0.3 is 5.97 Å². The van der Waals surface area contributed by atoms with Crippen molar-refractivity contribution in [2.24, 2.45) is 0 Å². The third-order valence-corrected chi connectivity index (χ3v) is 2.82. The Kier molecular flexibility index (Phi) is 3.45. The first-order chi connectivity index (χ1) is 8.67. The number of rotatable bonds is 2. The quantitative estimate of drug-likeness (QED) is 0.612. The highest BCUT2D eigenvalue weighted by molar-refractivity contribution is 6.38. The van der Waals surface area contributed by atoms with E-state index < -0.39 is 5.97 Å². The minimum Gasteiger partial charge on any atom is -0.462 e. The maximum Gasteiger partial charge on any atom is 0.341 e. The van der Waals surface area contributed by atoms with E-state index in [2.05, 4.69) is 9.83 Å². The lowest BCUT2D eigenvalue weighted by Gasteiger charge is -2.06. The van der Waals surface area contributed by atoms with E-state index in [9.17, 15) is 4.79 Å². The molecular weight excluding hydrogens is 252 g/mol. The van der Waals surface area contributed by atoms with Gasteiger partial charge in [0, 0.05) is 11.6 Å². The van der Waals surface area contributed by atoms with Gasteiger partial charge in [-0.25, -0.2) is 9.64 Å². The molecule has 0 bridgehead atoms. The molecule has 0 aliphatic carbocycles. The minimum absolute atomic E-state index is 0.216. The molecule has 0 spiro atoms. The van der Waals surface area contributed by atoms with Gasteiger partial charge in [-0.2, -0.15) is 0 Å². The van der Waals surface area contributed by atoms with E-state index in [1.165, 1.54) is 6.20 Å². The Balaban J connectivity index is 2.62. The lowest BCUT2D eigenvalue weighted by molar-refractivity contribution is 0.0526. The van der Waals surface area contributed by atoms with Crippen LogP contribution < -0.4 is 0 Å². The van der Waals surface area contributed by atoms with Crippen LogP contribution in [0.2, 0.25) is 5.02 Å². The van der Waals surface area contributed by atoms with Crippen LogP contribution in [0.1, 0.15) is 17.3 Å². The van der Waals surface area contributed by atoms with Gasteiger partial charge in [0.05, 0.1) is 29.3 Å². The Hall–Kier alpha value is -2.12. The van der Waals surface area contributed by atoms with E-state index in [0.717, 1.165) is 0 Å². The van der Waals surface area contributed by atoms with Gasteiger partial charge in [0.15, 0.2) is 5.69 Å². The topological polar surface area (TPSA) is 43.5 Å². The van der Waals surface area contributed by atoms with Gasteiger partial charge in [-0.1, -0.05) is 17.7 Å². The summed E-state index contributed by atoms with van der Waals surface area (Å²) in [5.74, 6) is -0.509. The molecule has 0 fully saturated rings. The number of aromatic nitrogens is 1. The second kappa shape index (κ2) is 5.03. The van der Waals surface area contributed by atoms with Gasteiger partial charge < -0.3 is 4.74 Å². The molecule has 4 nitrogen and oxygen atoms in total. The molecule has 0 unspecified atom stereocenters.